The number of nitrogens with zero attached hydrogens (tertiary/aromatic N) is 6. The average molecular weight is 349 g/mol. The second-order valence-corrected chi connectivity index (χ2v) is 6.50. The Kier molecular flexibility index (Phi) is 4.14. The van der Waals surface area contributed by atoms with E-state index in [1.54, 1.807) is 22.9 Å². The Morgan fingerprint density at radius 2 is 2.15 bits per heavy atom. The minimum atomic E-state index is -0.276. The third kappa shape index (κ3) is 2.82. The molecule has 3 heterocycles. The first kappa shape index (κ1) is 16.3. The number of rotatable bonds is 3. The van der Waals surface area contributed by atoms with E-state index in [1.807, 2.05) is 18.2 Å². The van der Waals surface area contributed by atoms with Crippen molar-refractivity contribution in [1.82, 2.24) is 19.2 Å². The quantitative estimate of drug-likeness (QED) is 0.748. The van der Waals surface area contributed by atoms with E-state index in [-0.39, 0.29) is 18.3 Å². The second kappa shape index (κ2) is 6.61. The Bertz CT molecular complexity index is 1050. The van der Waals surface area contributed by atoms with E-state index < -0.39 is 0 Å². The number of hydrogen-bond donors (Lipinski definition) is 1. The van der Waals surface area contributed by atoms with Gasteiger partial charge in [0.2, 0.25) is 5.95 Å². The molecule has 1 unspecified atom stereocenters. The van der Waals surface area contributed by atoms with Gasteiger partial charge in [-0.15, -0.1) is 0 Å². The lowest BCUT2D eigenvalue weighted by molar-refractivity contribution is 0.488. The van der Waals surface area contributed by atoms with Crippen molar-refractivity contribution in [3.8, 4) is 6.07 Å². The lowest BCUT2D eigenvalue weighted by atomic mass is 10.1. The summed E-state index contributed by atoms with van der Waals surface area (Å²) in [6, 6.07) is 11.2. The fourth-order valence-corrected chi connectivity index (χ4v) is 3.40. The Balaban J connectivity index is 1.86. The van der Waals surface area contributed by atoms with Crippen LogP contribution in [0.3, 0.4) is 0 Å². The van der Waals surface area contributed by atoms with Crippen LogP contribution in [0.4, 0.5) is 5.95 Å². The van der Waals surface area contributed by atoms with Gasteiger partial charge in [0.15, 0.2) is 5.65 Å². The molecule has 3 aromatic rings. The lowest BCUT2D eigenvalue weighted by Crippen LogP contribution is -2.46. The first-order chi connectivity index (χ1) is 12.7. The number of nitrogens with two attached hydrogens (primary N) is 1. The highest BCUT2D eigenvalue weighted by Crippen LogP contribution is 2.19. The molecule has 1 saturated heterocycles. The van der Waals surface area contributed by atoms with E-state index in [9.17, 15) is 10.1 Å². The summed E-state index contributed by atoms with van der Waals surface area (Å²) in [6.45, 7) is 1.70. The van der Waals surface area contributed by atoms with Gasteiger partial charge in [0.05, 0.1) is 24.4 Å². The topological polar surface area (TPSA) is 105 Å². The van der Waals surface area contributed by atoms with Crippen molar-refractivity contribution in [2.75, 3.05) is 18.0 Å². The van der Waals surface area contributed by atoms with Crippen molar-refractivity contribution in [2.45, 2.75) is 25.4 Å². The van der Waals surface area contributed by atoms with Crippen LogP contribution in [0.2, 0.25) is 0 Å². The summed E-state index contributed by atoms with van der Waals surface area (Å²) in [6.07, 6.45) is 3.48. The Labute approximate surface area is 150 Å². The Morgan fingerprint density at radius 1 is 1.31 bits per heavy atom. The molecule has 0 radical (unpaired) electrons. The van der Waals surface area contributed by atoms with Crippen molar-refractivity contribution in [3.63, 3.8) is 0 Å². The molecule has 132 valence electrons. The minimum Gasteiger partial charge on any atom is -0.341 e. The summed E-state index contributed by atoms with van der Waals surface area (Å²) in [5, 5.41) is 13.4. The predicted molar refractivity (Wildman–Crippen MR) is 96.9 cm³/mol. The molecule has 0 saturated carbocycles. The maximum absolute atomic E-state index is 13.0. The molecule has 26 heavy (non-hydrogen) atoms. The van der Waals surface area contributed by atoms with E-state index in [1.165, 1.54) is 4.52 Å². The molecule has 8 nitrogen and oxygen atoms in total. The van der Waals surface area contributed by atoms with Gasteiger partial charge in [-0.25, -0.2) is 4.79 Å². The molecule has 1 fully saturated rings. The van der Waals surface area contributed by atoms with E-state index in [4.69, 9.17) is 5.73 Å². The fraction of sp³-hybridized carbons (Fsp3) is 0.333. The van der Waals surface area contributed by atoms with Gasteiger partial charge in [0.25, 0.3) is 0 Å². The van der Waals surface area contributed by atoms with Crippen molar-refractivity contribution in [2.24, 2.45) is 5.73 Å². The molecule has 0 bridgehead atoms. The summed E-state index contributed by atoms with van der Waals surface area (Å²) in [4.78, 5) is 19.7. The van der Waals surface area contributed by atoms with E-state index in [0.29, 0.717) is 23.7 Å². The van der Waals surface area contributed by atoms with Crippen LogP contribution in [-0.2, 0) is 6.54 Å². The van der Waals surface area contributed by atoms with Crippen LogP contribution in [0, 0.1) is 11.3 Å². The van der Waals surface area contributed by atoms with Gasteiger partial charge in [-0.3, -0.25) is 4.57 Å². The number of nitriles is 1. The highest BCUT2D eigenvalue weighted by Gasteiger charge is 2.23. The van der Waals surface area contributed by atoms with Crippen LogP contribution < -0.4 is 16.3 Å². The standard InChI is InChI=1S/C18H19N7O/c19-10-13-4-1-2-5-14(13)11-24-17(23-9-3-6-15(20)12-23)22-16-7-8-21-25(16)18(24)26/h1-2,4-5,7-8,15H,3,6,9,11-12,20H2. The second-order valence-electron chi connectivity index (χ2n) is 6.50. The summed E-state index contributed by atoms with van der Waals surface area (Å²) in [5.41, 5.74) is 7.67. The molecule has 0 aliphatic carbocycles. The molecule has 4 rings (SSSR count). The molecule has 1 aliphatic rings. The van der Waals surface area contributed by atoms with Gasteiger partial charge in [0.1, 0.15) is 0 Å². The highest BCUT2D eigenvalue weighted by molar-refractivity contribution is 5.45. The molecule has 2 N–H and O–H groups in total. The van der Waals surface area contributed by atoms with Gasteiger partial charge in [-0.05, 0) is 24.5 Å². The first-order valence-electron chi connectivity index (χ1n) is 8.60. The maximum Gasteiger partial charge on any atom is 0.353 e. The number of hydrogen-bond acceptors (Lipinski definition) is 6. The largest absolute Gasteiger partial charge is 0.353 e. The number of aromatic nitrogens is 4. The Hall–Kier alpha value is -3.18. The number of piperidine rings is 1. The summed E-state index contributed by atoms with van der Waals surface area (Å²) in [7, 11) is 0. The van der Waals surface area contributed by atoms with Gasteiger partial charge in [-0.1, -0.05) is 18.2 Å². The predicted octanol–water partition coefficient (Wildman–Crippen LogP) is 0.738. The Morgan fingerprint density at radius 3 is 2.96 bits per heavy atom. The smallest absolute Gasteiger partial charge is 0.341 e. The van der Waals surface area contributed by atoms with E-state index in [2.05, 4.69) is 21.1 Å². The van der Waals surface area contributed by atoms with Crippen molar-refractivity contribution >= 4 is 11.6 Å². The summed E-state index contributed by atoms with van der Waals surface area (Å²) in [5.74, 6) is 0.575. The molecule has 1 atom stereocenters. The molecule has 8 heteroatoms. The van der Waals surface area contributed by atoms with Crippen molar-refractivity contribution in [3.05, 3.63) is 58.1 Å². The van der Waals surface area contributed by atoms with E-state index >= 15 is 0 Å². The number of fused-ring (bicyclic) bond motifs is 1. The highest BCUT2D eigenvalue weighted by atomic mass is 16.2. The molecule has 0 amide bonds. The third-order valence-electron chi connectivity index (χ3n) is 4.70. The molecule has 2 aromatic heterocycles. The molecule has 1 aromatic carbocycles. The van der Waals surface area contributed by atoms with Crippen LogP contribution in [0.25, 0.3) is 5.65 Å². The van der Waals surface area contributed by atoms with Gasteiger partial charge in [-0.2, -0.15) is 19.9 Å². The third-order valence-corrected chi connectivity index (χ3v) is 4.70. The molecular weight excluding hydrogens is 330 g/mol. The van der Waals surface area contributed by atoms with Crippen LogP contribution in [0.15, 0.2) is 41.3 Å². The van der Waals surface area contributed by atoms with Gasteiger partial charge < -0.3 is 10.6 Å². The van der Waals surface area contributed by atoms with E-state index in [0.717, 1.165) is 24.9 Å². The zero-order valence-electron chi connectivity index (χ0n) is 14.2. The van der Waals surface area contributed by atoms with Crippen LogP contribution in [-0.4, -0.2) is 38.3 Å². The van der Waals surface area contributed by atoms with Crippen LogP contribution in [0.5, 0.6) is 0 Å². The fourth-order valence-electron chi connectivity index (χ4n) is 3.40. The van der Waals surface area contributed by atoms with Crippen LogP contribution >= 0.6 is 0 Å². The van der Waals surface area contributed by atoms with Crippen molar-refractivity contribution in [1.29, 1.82) is 5.26 Å². The lowest BCUT2D eigenvalue weighted by Gasteiger charge is -2.32. The van der Waals surface area contributed by atoms with Crippen molar-refractivity contribution < 1.29 is 0 Å². The number of benzene rings is 1. The zero-order valence-corrected chi connectivity index (χ0v) is 14.2. The average Bonchev–Trinajstić information content (AvgIpc) is 3.13. The monoisotopic (exact) mass is 349 g/mol. The molecular formula is C18H19N7O. The normalized spacial score (nSPS) is 17.4. The van der Waals surface area contributed by atoms with Gasteiger partial charge >= 0.3 is 5.69 Å². The zero-order chi connectivity index (χ0) is 18.1. The van der Waals surface area contributed by atoms with Gasteiger partial charge in [0, 0.05) is 25.2 Å². The minimum absolute atomic E-state index is 0.0571. The SMILES string of the molecule is N#Cc1ccccc1Cn1c(N2CCCC(N)C2)nc2ccnn2c1=O. The number of anilines is 1. The first-order valence-corrected chi connectivity index (χ1v) is 8.60. The molecule has 0 spiro atoms. The van der Waals surface area contributed by atoms with Crippen LogP contribution in [0.1, 0.15) is 24.0 Å². The molecule has 1 aliphatic heterocycles. The summed E-state index contributed by atoms with van der Waals surface area (Å²) < 4.78 is 2.86. The summed E-state index contributed by atoms with van der Waals surface area (Å²) >= 11 is 0. The maximum atomic E-state index is 13.0.